The minimum Gasteiger partial charge on any atom is -0.275 e. The fraction of sp³-hybridized carbons (Fsp3) is 0.273. The van der Waals surface area contributed by atoms with Crippen LogP contribution in [0, 0.1) is 0 Å². The molecule has 2 heterocycles. The molecule has 0 unspecified atom stereocenters. The van der Waals surface area contributed by atoms with E-state index in [9.17, 15) is 17.2 Å². The third-order valence-corrected chi connectivity index (χ3v) is 4.13. The van der Waals surface area contributed by atoms with E-state index in [0.717, 1.165) is 0 Å². The Hall–Kier alpha value is -1.83. The summed E-state index contributed by atoms with van der Waals surface area (Å²) in [5.41, 5.74) is -0.503. The Morgan fingerprint density at radius 1 is 1.42 bits per heavy atom. The van der Waals surface area contributed by atoms with Gasteiger partial charge in [0.25, 0.3) is 6.43 Å². The van der Waals surface area contributed by atoms with Crippen LogP contribution in [0.15, 0.2) is 35.6 Å². The molecule has 0 saturated carbocycles. The zero-order chi connectivity index (χ0) is 14.0. The largest absolute Gasteiger partial charge is 0.282 e. The Morgan fingerprint density at radius 3 is 2.74 bits per heavy atom. The standard InChI is InChI=1S/C11H11F2N3O2S/c1-16-6-8(10(15-16)11(12)13)7-19(17,18)9-3-2-4-14-5-9/h2-6,11H,7H2,1H3. The predicted molar refractivity (Wildman–Crippen MR) is 63.3 cm³/mol. The third kappa shape index (κ3) is 2.95. The van der Waals surface area contributed by atoms with E-state index in [1.165, 1.54) is 42.5 Å². The molecular weight excluding hydrogens is 276 g/mol. The summed E-state index contributed by atoms with van der Waals surface area (Å²) >= 11 is 0. The highest BCUT2D eigenvalue weighted by Gasteiger charge is 2.23. The second-order valence-electron chi connectivity index (χ2n) is 3.96. The number of nitrogens with zero attached hydrogens (tertiary/aromatic N) is 3. The van der Waals surface area contributed by atoms with Crippen LogP contribution in [0.5, 0.6) is 0 Å². The summed E-state index contributed by atoms with van der Waals surface area (Å²) < 4.78 is 50.8. The molecule has 0 radical (unpaired) electrons. The first kappa shape index (κ1) is 13.6. The van der Waals surface area contributed by atoms with Gasteiger partial charge in [0.1, 0.15) is 5.69 Å². The van der Waals surface area contributed by atoms with Crippen LogP contribution in [0.3, 0.4) is 0 Å². The number of hydrogen-bond donors (Lipinski definition) is 0. The molecule has 0 bridgehead atoms. The number of pyridine rings is 1. The van der Waals surface area contributed by atoms with Crippen LogP contribution in [-0.4, -0.2) is 23.2 Å². The van der Waals surface area contributed by atoms with Crippen LogP contribution in [0.4, 0.5) is 8.78 Å². The van der Waals surface area contributed by atoms with E-state index in [0.29, 0.717) is 0 Å². The van der Waals surface area contributed by atoms with Gasteiger partial charge in [-0.1, -0.05) is 0 Å². The summed E-state index contributed by atoms with van der Waals surface area (Å²) in [6.07, 6.45) is 1.11. The summed E-state index contributed by atoms with van der Waals surface area (Å²) in [6.45, 7) is 0. The summed E-state index contributed by atoms with van der Waals surface area (Å²) in [5, 5.41) is 3.57. The molecule has 2 rings (SSSR count). The van der Waals surface area contributed by atoms with Gasteiger partial charge in [0.15, 0.2) is 9.84 Å². The topological polar surface area (TPSA) is 64.8 Å². The minimum atomic E-state index is -3.71. The first-order chi connectivity index (χ1) is 8.90. The van der Waals surface area contributed by atoms with Gasteiger partial charge in [-0.05, 0) is 12.1 Å². The van der Waals surface area contributed by atoms with Gasteiger partial charge in [0.2, 0.25) is 0 Å². The molecule has 2 aromatic heterocycles. The van der Waals surface area contributed by atoms with E-state index in [4.69, 9.17) is 0 Å². The van der Waals surface area contributed by atoms with Crippen LogP contribution in [0.25, 0.3) is 0 Å². The fourth-order valence-electron chi connectivity index (χ4n) is 1.67. The lowest BCUT2D eigenvalue weighted by Crippen LogP contribution is -2.06. The number of hydrogen-bond acceptors (Lipinski definition) is 4. The zero-order valence-electron chi connectivity index (χ0n) is 9.99. The molecule has 19 heavy (non-hydrogen) atoms. The smallest absolute Gasteiger partial charge is 0.275 e. The maximum Gasteiger partial charge on any atom is 0.282 e. The lowest BCUT2D eigenvalue weighted by atomic mass is 10.3. The van der Waals surface area contributed by atoms with E-state index in [2.05, 4.69) is 10.1 Å². The highest BCUT2D eigenvalue weighted by molar-refractivity contribution is 7.90. The van der Waals surface area contributed by atoms with Crippen molar-refractivity contribution in [1.82, 2.24) is 14.8 Å². The SMILES string of the molecule is Cn1cc(CS(=O)(=O)c2cccnc2)c(C(F)F)n1. The van der Waals surface area contributed by atoms with Gasteiger partial charge in [-0.15, -0.1) is 0 Å². The van der Waals surface area contributed by atoms with Crippen LogP contribution in [0.2, 0.25) is 0 Å². The summed E-state index contributed by atoms with van der Waals surface area (Å²) in [5.74, 6) is -0.522. The van der Waals surface area contributed by atoms with Crippen molar-refractivity contribution in [3.63, 3.8) is 0 Å². The average molecular weight is 287 g/mol. The number of sulfone groups is 1. The van der Waals surface area contributed by atoms with Crippen LogP contribution in [-0.2, 0) is 22.6 Å². The predicted octanol–water partition coefficient (Wildman–Crippen LogP) is 1.73. The van der Waals surface area contributed by atoms with Crippen LogP contribution >= 0.6 is 0 Å². The van der Waals surface area contributed by atoms with E-state index in [1.807, 2.05) is 0 Å². The molecule has 0 atom stereocenters. The Kier molecular flexibility index (Phi) is 3.61. The van der Waals surface area contributed by atoms with Gasteiger partial charge >= 0.3 is 0 Å². The maximum absolute atomic E-state index is 12.7. The van der Waals surface area contributed by atoms with Crippen molar-refractivity contribution in [2.75, 3.05) is 0 Å². The number of halogens is 2. The van der Waals surface area contributed by atoms with Crippen molar-refractivity contribution in [2.45, 2.75) is 17.1 Å². The molecule has 0 amide bonds. The zero-order valence-corrected chi connectivity index (χ0v) is 10.8. The highest BCUT2D eigenvalue weighted by atomic mass is 32.2. The second-order valence-corrected chi connectivity index (χ2v) is 5.95. The molecule has 0 N–H and O–H groups in total. The maximum atomic E-state index is 12.7. The summed E-state index contributed by atoms with van der Waals surface area (Å²) in [7, 11) is -2.24. The normalized spacial score (nSPS) is 12.0. The van der Waals surface area contributed by atoms with Crippen molar-refractivity contribution < 1.29 is 17.2 Å². The molecular formula is C11H11F2N3O2S. The van der Waals surface area contributed by atoms with E-state index in [1.54, 1.807) is 0 Å². The molecule has 0 aliphatic carbocycles. The van der Waals surface area contributed by atoms with Crippen molar-refractivity contribution in [2.24, 2.45) is 7.05 Å². The van der Waals surface area contributed by atoms with Gasteiger partial charge in [-0.2, -0.15) is 5.10 Å². The van der Waals surface area contributed by atoms with Gasteiger partial charge < -0.3 is 0 Å². The molecule has 0 spiro atoms. The molecule has 102 valence electrons. The lowest BCUT2D eigenvalue weighted by molar-refractivity contribution is 0.144. The lowest BCUT2D eigenvalue weighted by Gasteiger charge is -2.03. The van der Waals surface area contributed by atoms with Crippen molar-refractivity contribution in [1.29, 1.82) is 0 Å². The number of alkyl halides is 2. The Labute approximate surface area is 108 Å². The number of aryl methyl sites for hydroxylation is 1. The van der Waals surface area contributed by atoms with Crippen molar-refractivity contribution >= 4 is 9.84 Å². The van der Waals surface area contributed by atoms with E-state index in [-0.39, 0.29) is 10.5 Å². The quantitative estimate of drug-likeness (QED) is 0.859. The Bertz CT molecular complexity index is 669. The molecule has 0 fully saturated rings. The van der Waals surface area contributed by atoms with Crippen molar-refractivity contribution in [3.8, 4) is 0 Å². The van der Waals surface area contributed by atoms with Crippen LogP contribution < -0.4 is 0 Å². The molecule has 2 aromatic rings. The third-order valence-electron chi connectivity index (χ3n) is 2.48. The Balaban J connectivity index is 2.36. The number of rotatable bonds is 4. The second kappa shape index (κ2) is 5.04. The van der Waals surface area contributed by atoms with Crippen LogP contribution in [0.1, 0.15) is 17.7 Å². The first-order valence-electron chi connectivity index (χ1n) is 5.33. The van der Waals surface area contributed by atoms with Crippen molar-refractivity contribution in [3.05, 3.63) is 42.0 Å². The molecule has 0 aromatic carbocycles. The fourth-order valence-corrected chi connectivity index (χ4v) is 2.97. The molecule has 5 nitrogen and oxygen atoms in total. The molecule has 0 aliphatic heterocycles. The van der Waals surface area contributed by atoms with E-state index >= 15 is 0 Å². The van der Waals surface area contributed by atoms with Gasteiger partial charge in [-0.25, -0.2) is 17.2 Å². The molecule has 0 aliphatic rings. The number of aromatic nitrogens is 3. The summed E-state index contributed by atoms with van der Waals surface area (Å²) in [4.78, 5) is 3.71. The average Bonchev–Trinajstić information content (AvgIpc) is 2.71. The minimum absolute atomic E-state index is 0.000862. The van der Waals surface area contributed by atoms with Gasteiger partial charge in [0, 0.05) is 31.2 Å². The van der Waals surface area contributed by atoms with E-state index < -0.39 is 27.7 Å². The monoisotopic (exact) mass is 287 g/mol. The molecule has 8 heteroatoms. The molecule has 0 saturated heterocycles. The first-order valence-corrected chi connectivity index (χ1v) is 6.99. The van der Waals surface area contributed by atoms with Gasteiger partial charge in [-0.3, -0.25) is 9.67 Å². The highest BCUT2D eigenvalue weighted by Crippen LogP contribution is 2.24. The summed E-state index contributed by atoms with van der Waals surface area (Å²) in [6, 6.07) is 2.85. The Morgan fingerprint density at radius 2 is 2.16 bits per heavy atom. The van der Waals surface area contributed by atoms with Gasteiger partial charge in [0.05, 0.1) is 10.6 Å².